The van der Waals surface area contributed by atoms with E-state index in [1.54, 1.807) is 14.2 Å². The summed E-state index contributed by atoms with van der Waals surface area (Å²) in [6, 6.07) is 5.58. The van der Waals surface area contributed by atoms with E-state index in [1.165, 1.54) is 0 Å². The van der Waals surface area contributed by atoms with Crippen LogP contribution in [0.1, 0.15) is 5.56 Å². The number of benzene rings is 1. The van der Waals surface area contributed by atoms with Gasteiger partial charge in [-0.2, -0.15) is 0 Å². The van der Waals surface area contributed by atoms with Crippen LogP contribution in [0.2, 0.25) is 0 Å². The molecule has 0 radical (unpaired) electrons. The molecule has 1 saturated heterocycles. The fraction of sp³-hybridized carbons (Fsp3) is 0.500. The van der Waals surface area contributed by atoms with Gasteiger partial charge in [-0.1, -0.05) is 5.16 Å². The molecule has 1 fully saturated rings. The van der Waals surface area contributed by atoms with Crippen LogP contribution in [-0.2, 0) is 11.4 Å². The summed E-state index contributed by atoms with van der Waals surface area (Å²) in [5.41, 5.74) is 7.54. The summed E-state index contributed by atoms with van der Waals surface area (Å²) in [7, 11) is 3.26. The molecular formula is C14H21N3O3. The van der Waals surface area contributed by atoms with Gasteiger partial charge in [0.15, 0.2) is 0 Å². The molecule has 0 amide bonds. The van der Waals surface area contributed by atoms with E-state index in [2.05, 4.69) is 10.5 Å². The molecule has 1 heterocycles. The summed E-state index contributed by atoms with van der Waals surface area (Å²) in [5, 5.41) is 7.41. The van der Waals surface area contributed by atoms with Crippen LogP contribution in [0.15, 0.2) is 23.4 Å². The maximum absolute atomic E-state index is 5.68. The summed E-state index contributed by atoms with van der Waals surface area (Å²) < 4.78 is 10.5. The van der Waals surface area contributed by atoms with Crippen molar-refractivity contribution in [3.05, 3.63) is 23.8 Å². The van der Waals surface area contributed by atoms with Crippen LogP contribution in [-0.4, -0.2) is 39.6 Å². The maximum atomic E-state index is 5.68. The van der Waals surface area contributed by atoms with E-state index in [1.807, 2.05) is 18.2 Å². The van der Waals surface area contributed by atoms with Crippen LogP contribution < -0.4 is 20.5 Å². The van der Waals surface area contributed by atoms with Gasteiger partial charge >= 0.3 is 0 Å². The Morgan fingerprint density at radius 1 is 1.35 bits per heavy atom. The van der Waals surface area contributed by atoms with E-state index in [-0.39, 0.29) is 5.92 Å². The molecule has 0 bridgehead atoms. The van der Waals surface area contributed by atoms with E-state index in [4.69, 9.17) is 20.0 Å². The van der Waals surface area contributed by atoms with Gasteiger partial charge in [-0.05, 0) is 18.2 Å². The van der Waals surface area contributed by atoms with Gasteiger partial charge in [-0.3, -0.25) is 0 Å². The molecule has 6 nitrogen and oxygen atoms in total. The zero-order valence-electron chi connectivity index (χ0n) is 11.9. The van der Waals surface area contributed by atoms with Crippen molar-refractivity contribution in [1.29, 1.82) is 0 Å². The number of oxime groups is 1. The van der Waals surface area contributed by atoms with Gasteiger partial charge < -0.3 is 25.4 Å². The molecule has 1 unspecified atom stereocenters. The van der Waals surface area contributed by atoms with Crippen molar-refractivity contribution >= 4 is 5.71 Å². The molecule has 3 N–H and O–H groups in total. The predicted molar refractivity (Wildman–Crippen MR) is 77.2 cm³/mol. The average molecular weight is 279 g/mol. The first-order chi connectivity index (χ1) is 9.78. The molecule has 1 aromatic carbocycles. The summed E-state index contributed by atoms with van der Waals surface area (Å²) in [5.74, 6) is 1.78. The molecule has 1 aliphatic rings. The van der Waals surface area contributed by atoms with Crippen LogP contribution in [0.3, 0.4) is 0 Å². The Bertz CT molecular complexity index is 477. The first-order valence-corrected chi connectivity index (χ1v) is 6.59. The van der Waals surface area contributed by atoms with E-state index < -0.39 is 0 Å². The molecule has 0 aliphatic carbocycles. The number of nitrogens with zero attached hydrogens (tertiary/aromatic N) is 1. The molecule has 0 aromatic heterocycles. The van der Waals surface area contributed by atoms with Crippen LogP contribution in [0.4, 0.5) is 0 Å². The van der Waals surface area contributed by atoms with E-state index in [0.29, 0.717) is 13.2 Å². The van der Waals surface area contributed by atoms with Crippen molar-refractivity contribution in [3.8, 4) is 11.5 Å². The van der Waals surface area contributed by atoms with Gasteiger partial charge in [0, 0.05) is 31.1 Å². The fourth-order valence-electron chi connectivity index (χ4n) is 2.14. The zero-order chi connectivity index (χ0) is 14.4. The second-order valence-electron chi connectivity index (χ2n) is 4.60. The number of hydrogen-bond acceptors (Lipinski definition) is 6. The monoisotopic (exact) mass is 279 g/mol. The molecule has 20 heavy (non-hydrogen) atoms. The normalized spacial score (nSPS) is 20.1. The molecule has 1 aliphatic heterocycles. The van der Waals surface area contributed by atoms with Gasteiger partial charge in [-0.25, -0.2) is 0 Å². The van der Waals surface area contributed by atoms with Crippen molar-refractivity contribution in [1.82, 2.24) is 5.32 Å². The van der Waals surface area contributed by atoms with Crippen LogP contribution in [0.25, 0.3) is 0 Å². The first kappa shape index (κ1) is 14.6. The summed E-state index contributed by atoms with van der Waals surface area (Å²) >= 11 is 0. The molecule has 0 spiro atoms. The second-order valence-corrected chi connectivity index (χ2v) is 4.60. The summed E-state index contributed by atoms with van der Waals surface area (Å²) in [6.07, 6.45) is 0. The number of nitrogens with one attached hydrogen (secondary N) is 1. The van der Waals surface area contributed by atoms with E-state index >= 15 is 0 Å². The quantitative estimate of drug-likeness (QED) is 0.752. The SMILES string of the molecule is COc1ccc(OC)c(CON=C2CNCC2CN)c1. The number of hydrogen-bond donors (Lipinski definition) is 2. The van der Waals surface area contributed by atoms with Gasteiger partial charge in [0.05, 0.1) is 19.9 Å². The Balaban J connectivity index is 2.01. The van der Waals surface area contributed by atoms with Gasteiger partial charge in [-0.15, -0.1) is 0 Å². The van der Waals surface area contributed by atoms with Crippen molar-refractivity contribution in [3.63, 3.8) is 0 Å². The second kappa shape index (κ2) is 7.12. The average Bonchev–Trinajstić information content (AvgIpc) is 2.94. The van der Waals surface area contributed by atoms with Crippen molar-refractivity contribution in [2.75, 3.05) is 33.9 Å². The highest BCUT2D eigenvalue weighted by atomic mass is 16.6. The lowest BCUT2D eigenvalue weighted by atomic mass is 10.1. The highest BCUT2D eigenvalue weighted by Gasteiger charge is 2.21. The highest BCUT2D eigenvalue weighted by molar-refractivity contribution is 5.90. The smallest absolute Gasteiger partial charge is 0.146 e. The summed E-state index contributed by atoms with van der Waals surface area (Å²) in [4.78, 5) is 5.43. The van der Waals surface area contributed by atoms with Crippen LogP contribution in [0.5, 0.6) is 11.5 Å². The number of methoxy groups -OCH3 is 2. The highest BCUT2D eigenvalue weighted by Crippen LogP contribution is 2.24. The standard InChI is InChI=1S/C14H21N3O3/c1-18-12-3-4-14(19-2)10(5-12)9-20-17-13-8-16-7-11(13)6-15/h3-5,11,16H,6-9,15H2,1-2H3. The van der Waals surface area contributed by atoms with Crippen molar-refractivity contribution in [2.24, 2.45) is 16.8 Å². The minimum atomic E-state index is 0.266. The predicted octanol–water partition coefficient (Wildman–Crippen LogP) is 0.754. The third-order valence-electron chi connectivity index (χ3n) is 3.34. The molecule has 0 saturated carbocycles. The molecule has 1 atom stereocenters. The third kappa shape index (κ3) is 3.40. The number of ether oxygens (including phenoxy) is 2. The van der Waals surface area contributed by atoms with Crippen LogP contribution >= 0.6 is 0 Å². The molecular weight excluding hydrogens is 258 g/mol. The fourth-order valence-corrected chi connectivity index (χ4v) is 2.14. The Kier molecular flexibility index (Phi) is 5.20. The lowest BCUT2D eigenvalue weighted by Gasteiger charge is -2.10. The topological polar surface area (TPSA) is 78.1 Å². The number of nitrogens with two attached hydrogens (primary N) is 1. The Morgan fingerprint density at radius 3 is 2.90 bits per heavy atom. The largest absolute Gasteiger partial charge is 0.497 e. The first-order valence-electron chi connectivity index (χ1n) is 6.59. The van der Waals surface area contributed by atoms with E-state index in [9.17, 15) is 0 Å². The molecule has 6 heteroatoms. The Labute approximate surface area is 118 Å². The lowest BCUT2D eigenvalue weighted by molar-refractivity contribution is 0.127. The lowest BCUT2D eigenvalue weighted by Crippen LogP contribution is -2.22. The Hall–Kier alpha value is -1.79. The molecule has 2 rings (SSSR count). The summed E-state index contributed by atoms with van der Waals surface area (Å²) in [6.45, 7) is 2.51. The van der Waals surface area contributed by atoms with Crippen LogP contribution in [0, 0.1) is 5.92 Å². The minimum Gasteiger partial charge on any atom is -0.497 e. The van der Waals surface area contributed by atoms with E-state index in [0.717, 1.165) is 35.9 Å². The number of rotatable bonds is 6. The van der Waals surface area contributed by atoms with Gasteiger partial charge in [0.2, 0.25) is 0 Å². The minimum absolute atomic E-state index is 0.266. The third-order valence-corrected chi connectivity index (χ3v) is 3.34. The van der Waals surface area contributed by atoms with Crippen molar-refractivity contribution < 1.29 is 14.3 Å². The Morgan fingerprint density at radius 2 is 2.20 bits per heavy atom. The van der Waals surface area contributed by atoms with Crippen molar-refractivity contribution in [2.45, 2.75) is 6.61 Å². The maximum Gasteiger partial charge on any atom is 0.146 e. The zero-order valence-corrected chi connectivity index (χ0v) is 11.9. The van der Waals surface area contributed by atoms with Gasteiger partial charge in [0.1, 0.15) is 18.1 Å². The molecule has 110 valence electrons. The molecule has 1 aromatic rings. The van der Waals surface area contributed by atoms with Gasteiger partial charge in [0.25, 0.3) is 0 Å².